The van der Waals surface area contributed by atoms with Gasteiger partial charge in [-0.1, -0.05) is 6.07 Å². The lowest BCUT2D eigenvalue weighted by Gasteiger charge is -2.08. The van der Waals surface area contributed by atoms with Crippen molar-refractivity contribution in [3.63, 3.8) is 0 Å². The Morgan fingerprint density at radius 3 is 2.59 bits per heavy atom. The molecule has 27 heavy (non-hydrogen) atoms. The number of non-ortho nitro benzene ring substituents is 1. The number of carbonyl (C=O) groups is 2. The minimum atomic E-state index is -0.586. The number of aromatic nitrogens is 2. The Labute approximate surface area is 153 Å². The van der Waals surface area contributed by atoms with Crippen molar-refractivity contribution >= 4 is 23.2 Å². The first-order valence-corrected chi connectivity index (χ1v) is 7.94. The number of imidazole rings is 1. The van der Waals surface area contributed by atoms with Crippen LogP contribution >= 0.6 is 0 Å². The summed E-state index contributed by atoms with van der Waals surface area (Å²) >= 11 is 0. The van der Waals surface area contributed by atoms with Crippen molar-refractivity contribution in [3.05, 3.63) is 82.9 Å². The average Bonchev–Trinajstić information content (AvgIpc) is 3.21. The lowest BCUT2D eigenvalue weighted by atomic mass is 10.2. The van der Waals surface area contributed by atoms with E-state index in [0.29, 0.717) is 5.69 Å². The van der Waals surface area contributed by atoms with Gasteiger partial charge in [-0.15, -0.1) is 0 Å². The van der Waals surface area contributed by atoms with Gasteiger partial charge in [0.2, 0.25) is 5.91 Å². The van der Waals surface area contributed by atoms with Gasteiger partial charge in [0.1, 0.15) is 0 Å². The van der Waals surface area contributed by atoms with Crippen LogP contribution in [0.15, 0.2) is 67.3 Å². The zero-order valence-corrected chi connectivity index (χ0v) is 14.0. The predicted molar refractivity (Wildman–Crippen MR) is 97.6 cm³/mol. The maximum atomic E-state index is 12.0. The summed E-state index contributed by atoms with van der Waals surface area (Å²) in [5.74, 6) is -0.978. The van der Waals surface area contributed by atoms with E-state index in [1.54, 1.807) is 30.9 Å². The fourth-order valence-electron chi connectivity index (χ4n) is 2.36. The molecular formula is C18H15N5O4. The smallest absolute Gasteiger partial charge is 0.270 e. The van der Waals surface area contributed by atoms with E-state index in [1.165, 1.54) is 18.2 Å². The fourth-order valence-corrected chi connectivity index (χ4v) is 2.36. The highest BCUT2D eigenvalue weighted by Gasteiger charge is 2.12. The van der Waals surface area contributed by atoms with Gasteiger partial charge in [-0.05, 0) is 30.3 Å². The summed E-state index contributed by atoms with van der Waals surface area (Å²) in [6, 6.07) is 12.4. The highest BCUT2D eigenvalue weighted by atomic mass is 16.6. The first-order valence-electron chi connectivity index (χ1n) is 7.94. The van der Waals surface area contributed by atoms with Crippen molar-refractivity contribution in [2.24, 2.45) is 0 Å². The molecule has 0 bridgehead atoms. The van der Waals surface area contributed by atoms with E-state index in [-0.39, 0.29) is 17.8 Å². The molecule has 9 nitrogen and oxygen atoms in total. The monoisotopic (exact) mass is 365 g/mol. The zero-order chi connectivity index (χ0) is 19.2. The molecule has 3 aromatic rings. The zero-order valence-electron chi connectivity index (χ0n) is 14.0. The van der Waals surface area contributed by atoms with Crippen LogP contribution in [-0.4, -0.2) is 32.8 Å². The van der Waals surface area contributed by atoms with Crippen LogP contribution in [0.5, 0.6) is 0 Å². The lowest BCUT2D eigenvalue weighted by Crippen LogP contribution is -2.32. The maximum Gasteiger partial charge on any atom is 0.270 e. The van der Waals surface area contributed by atoms with Crippen molar-refractivity contribution in [2.75, 3.05) is 11.9 Å². The minimum absolute atomic E-state index is 0.113. The van der Waals surface area contributed by atoms with Gasteiger partial charge in [-0.2, -0.15) is 0 Å². The van der Waals surface area contributed by atoms with E-state index >= 15 is 0 Å². The second-order valence-electron chi connectivity index (χ2n) is 5.56. The van der Waals surface area contributed by atoms with Crippen molar-refractivity contribution in [1.82, 2.24) is 14.9 Å². The molecule has 1 heterocycles. The number of nitro groups is 1. The Morgan fingerprint density at radius 2 is 1.93 bits per heavy atom. The number of hydrogen-bond acceptors (Lipinski definition) is 5. The third kappa shape index (κ3) is 4.54. The van der Waals surface area contributed by atoms with Crippen LogP contribution in [-0.2, 0) is 4.79 Å². The Bertz CT molecular complexity index is 968. The largest absolute Gasteiger partial charge is 0.343 e. The average molecular weight is 365 g/mol. The van der Waals surface area contributed by atoms with Gasteiger partial charge in [0.25, 0.3) is 11.6 Å². The van der Waals surface area contributed by atoms with Gasteiger partial charge in [-0.3, -0.25) is 19.7 Å². The highest BCUT2D eigenvalue weighted by molar-refractivity contribution is 5.99. The molecule has 2 amide bonds. The molecule has 2 N–H and O–H groups in total. The van der Waals surface area contributed by atoms with E-state index in [2.05, 4.69) is 15.6 Å². The molecular weight excluding hydrogens is 350 g/mol. The maximum absolute atomic E-state index is 12.0. The lowest BCUT2D eigenvalue weighted by molar-refractivity contribution is -0.384. The summed E-state index contributed by atoms with van der Waals surface area (Å²) in [6.07, 6.45) is 5.13. The van der Waals surface area contributed by atoms with Crippen molar-refractivity contribution in [2.45, 2.75) is 0 Å². The summed E-state index contributed by atoms with van der Waals surface area (Å²) in [6.45, 7) is -0.259. The number of rotatable bonds is 6. The molecule has 3 rings (SSSR count). The van der Waals surface area contributed by atoms with Gasteiger partial charge in [0.15, 0.2) is 0 Å². The molecule has 0 saturated carbocycles. The van der Waals surface area contributed by atoms with Crippen molar-refractivity contribution in [3.8, 4) is 5.69 Å². The molecule has 1 aromatic heterocycles. The Morgan fingerprint density at radius 1 is 1.15 bits per heavy atom. The van der Waals surface area contributed by atoms with Gasteiger partial charge in [-0.25, -0.2) is 4.98 Å². The van der Waals surface area contributed by atoms with Crippen molar-refractivity contribution in [1.29, 1.82) is 0 Å². The van der Waals surface area contributed by atoms with Crippen LogP contribution < -0.4 is 10.6 Å². The number of anilines is 1. The van der Waals surface area contributed by atoms with E-state index in [4.69, 9.17) is 0 Å². The summed E-state index contributed by atoms with van der Waals surface area (Å²) in [7, 11) is 0. The molecule has 2 aromatic carbocycles. The third-order valence-corrected chi connectivity index (χ3v) is 3.68. The van der Waals surface area contributed by atoms with Crippen LogP contribution in [0.25, 0.3) is 5.69 Å². The van der Waals surface area contributed by atoms with E-state index in [9.17, 15) is 19.7 Å². The SMILES string of the molecule is O=C(CNC(=O)c1cccc([N+](=O)[O-])c1)Nc1ccc(-n2ccnc2)cc1. The summed E-state index contributed by atoms with van der Waals surface area (Å²) < 4.78 is 1.82. The normalized spacial score (nSPS) is 10.2. The van der Waals surface area contributed by atoms with Crippen LogP contribution in [0.3, 0.4) is 0 Å². The Balaban J connectivity index is 1.54. The second-order valence-corrected chi connectivity index (χ2v) is 5.56. The first kappa shape index (κ1) is 17.8. The number of benzene rings is 2. The third-order valence-electron chi connectivity index (χ3n) is 3.68. The Kier molecular flexibility index (Phi) is 5.22. The number of hydrogen-bond donors (Lipinski definition) is 2. The number of nitrogens with one attached hydrogen (secondary N) is 2. The number of nitro benzene ring substituents is 1. The molecule has 0 aliphatic rings. The van der Waals surface area contributed by atoms with Gasteiger partial charge < -0.3 is 15.2 Å². The van der Waals surface area contributed by atoms with Crippen LogP contribution in [0.4, 0.5) is 11.4 Å². The molecule has 0 spiro atoms. The van der Waals surface area contributed by atoms with Crippen LogP contribution in [0.1, 0.15) is 10.4 Å². The molecule has 0 unspecified atom stereocenters. The summed E-state index contributed by atoms with van der Waals surface area (Å²) in [5, 5.41) is 15.8. The molecule has 0 radical (unpaired) electrons. The standard InChI is InChI=1S/C18H15N5O4/c24-17(11-20-18(25)13-2-1-3-16(10-13)23(26)27)21-14-4-6-15(7-5-14)22-9-8-19-12-22/h1-10,12H,11H2,(H,20,25)(H,21,24). The van der Waals surface area contributed by atoms with Crippen LogP contribution in [0, 0.1) is 10.1 Å². The van der Waals surface area contributed by atoms with Crippen molar-refractivity contribution < 1.29 is 14.5 Å². The molecule has 0 fully saturated rings. The van der Waals surface area contributed by atoms with E-state index < -0.39 is 16.7 Å². The quantitative estimate of drug-likeness (QED) is 0.512. The fraction of sp³-hybridized carbons (Fsp3) is 0.0556. The molecule has 0 aliphatic carbocycles. The topological polar surface area (TPSA) is 119 Å². The number of carbonyl (C=O) groups excluding carboxylic acids is 2. The van der Waals surface area contributed by atoms with E-state index in [0.717, 1.165) is 11.8 Å². The highest BCUT2D eigenvalue weighted by Crippen LogP contribution is 2.14. The summed E-state index contributed by atoms with van der Waals surface area (Å²) in [4.78, 5) is 38.1. The second kappa shape index (κ2) is 7.91. The molecule has 9 heteroatoms. The minimum Gasteiger partial charge on any atom is -0.343 e. The molecule has 136 valence electrons. The predicted octanol–water partition coefficient (Wildman–Crippen LogP) is 2.15. The van der Waals surface area contributed by atoms with Gasteiger partial charge >= 0.3 is 0 Å². The van der Waals surface area contributed by atoms with Gasteiger partial charge in [0.05, 0.1) is 17.8 Å². The molecule has 0 atom stereocenters. The number of amides is 2. The molecule has 0 aliphatic heterocycles. The van der Waals surface area contributed by atoms with Gasteiger partial charge in [0, 0.05) is 41.5 Å². The molecule has 0 saturated heterocycles. The first-order chi connectivity index (χ1) is 13.0. The summed E-state index contributed by atoms with van der Waals surface area (Å²) in [5.41, 5.74) is 1.39. The van der Waals surface area contributed by atoms with E-state index in [1.807, 2.05) is 16.7 Å². The number of nitrogens with zero attached hydrogens (tertiary/aromatic N) is 3. The Hall–Kier alpha value is -4.01. The van der Waals surface area contributed by atoms with Crippen LogP contribution in [0.2, 0.25) is 0 Å².